The van der Waals surface area contributed by atoms with Crippen LogP contribution in [-0.2, 0) is 0 Å². The summed E-state index contributed by atoms with van der Waals surface area (Å²) in [4.78, 5) is 14.1. The molecule has 0 aromatic heterocycles. The zero-order chi connectivity index (χ0) is 12.4. The molecule has 1 aliphatic rings. The molecule has 2 nitrogen and oxygen atoms in total. The third-order valence-corrected chi connectivity index (χ3v) is 3.87. The highest BCUT2D eigenvalue weighted by Crippen LogP contribution is 2.21. The molecular weight excluding hydrogens is 285 g/mol. The van der Waals surface area contributed by atoms with E-state index in [0.717, 1.165) is 19.4 Å². The van der Waals surface area contributed by atoms with E-state index in [2.05, 4.69) is 15.9 Å². The van der Waals surface area contributed by atoms with Crippen molar-refractivity contribution in [3.63, 3.8) is 0 Å². The number of carbonyl (C=O) groups is 1. The number of carbonyl (C=O) groups excluding carboxylic acids is 1. The van der Waals surface area contributed by atoms with Crippen molar-refractivity contribution in [2.45, 2.75) is 32.2 Å². The Morgan fingerprint density at radius 1 is 1.47 bits per heavy atom. The molecule has 0 radical (unpaired) electrons. The molecule has 92 valence electrons. The molecule has 1 heterocycles. The van der Waals surface area contributed by atoms with Gasteiger partial charge in [-0.2, -0.15) is 0 Å². The third-order valence-electron chi connectivity index (χ3n) is 3.23. The van der Waals surface area contributed by atoms with Crippen LogP contribution in [0, 0.1) is 5.82 Å². The standard InChI is InChI=1S/C13H15BrFNO/c1-9-4-2-3-7-16(9)13(17)10-5-6-11(14)12(15)8-10/h5-6,8-9H,2-4,7H2,1H3. The average molecular weight is 300 g/mol. The number of likely N-dealkylation sites (tertiary alicyclic amines) is 1. The maximum absolute atomic E-state index is 13.4. The fraction of sp³-hybridized carbons (Fsp3) is 0.462. The van der Waals surface area contributed by atoms with Crippen molar-refractivity contribution in [3.8, 4) is 0 Å². The molecule has 0 aliphatic carbocycles. The quantitative estimate of drug-likeness (QED) is 0.776. The molecule has 4 heteroatoms. The van der Waals surface area contributed by atoms with Gasteiger partial charge in [0.15, 0.2) is 0 Å². The number of piperidine rings is 1. The Kier molecular flexibility index (Phi) is 3.82. The molecule has 1 unspecified atom stereocenters. The maximum Gasteiger partial charge on any atom is 0.254 e. The highest BCUT2D eigenvalue weighted by molar-refractivity contribution is 9.10. The number of hydrogen-bond donors (Lipinski definition) is 0. The van der Waals surface area contributed by atoms with E-state index in [1.807, 2.05) is 11.8 Å². The van der Waals surface area contributed by atoms with E-state index >= 15 is 0 Å². The summed E-state index contributed by atoms with van der Waals surface area (Å²) in [5.74, 6) is -0.455. The van der Waals surface area contributed by atoms with Gasteiger partial charge in [-0.25, -0.2) is 4.39 Å². The third kappa shape index (κ3) is 2.68. The van der Waals surface area contributed by atoms with E-state index < -0.39 is 0 Å². The first-order valence-corrected chi connectivity index (χ1v) is 6.65. The van der Waals surface area contributed by atoms with Gasteiger partial charge >= 0.3 is 0 Å². The van der Waals surface area contributed by atoms with Gasteiger partial charge in [0, 0.05) is 18.2 Å². The molecule has 17 heavy (non-hydrogen) atoms. The highest BCUT2D eigenvalue weighted by Gasteiger charge is 2.24. The summed E-state index contributed by atoms with van der Waals surface area (Å²) in [5.41, 5.74) is 0.430. The lowest BCUT2D eigenvalue weighted by molar-refractivity contribution is 0.0635. The summed E-state index contributed by atoms with van der Waals surface area (Å²) < 4.78 is 13.8. The summed E-state index contributed by atoms with van der Waals surface area (Å²) in [6, 6.07) is 4.80. The minimum atomic E-state index is -0.388. The SMILES string of the molecule is CC1CCCCN1C(=O)c1ccc(Br)c(F)c1. The fourth-order valence-electron chi connectivity index (χ4n) is 2.19. The molecule has 1 aromatic rings. The van der Waals surface area contributed by atoms with Crippen LogP contribution >= 0.6 is 15.9 Å². The van der Waals surface area contributed by atoms with Gasteiger partial charge in [0.05, 0.1) is 4.47 Å². The molecule has 1 aromatic carbocycles. The van der Waals surface area contributed by atoms with Gasteiger partial charge in [-0.15, -0.1) is 0 Å². The van der Waals surface area contributed by atoms with Crippen molar-refractivity contribution in [2.24, 2.45) is 0 Å². The predicted octanol–water partition coefficient (Wildman–Crippen LogP) is 3.60. The number of nitrogens with zero attached hydrogens (tertiary/aromatic N) is 1. The number of benzene rings is 1. The van der Waals surface area contributed by atoms with Gasteiger partial charge in [-0.05, 0) is 60.3 Å². The lowest BCUT2D eigenvalue weighted by atomic mass is 10.0. The first-order valence-electron chi connectivity index (χ1n) is 5.85. The highest BCUT2D eigenvalue weighted by atomic mass is 79.9. The van der Waals surface area contributed by atoms with Crippen molar-refractivity contribution in [1.82, 2.24) is 4.90 Å². The molecule has 0 bridgehead atoms. The first kappa shape index (κ1) is 12.6. The molecule has 1 aliphatic heterocycles. The van der Waals surface area contributed by atoms with Crippen molar-refractivity contribution in [3.05, 3.63) is 34.1 Å². The minimum Gasteiger partial charge on any atom is -0.336 e. The van der Waals surface area contributed by atoms with E-state index in [-0.39, 0.29) is 17.8 Å². The maximum atomic E-state index is 13.4. The van der Waals surface area contributed by atoms with Crippen molar-refractivity contribution in [1.29, 1.82) is 0 Å². The zero-order valence-corrected chi connectivity index (χ0v) is 11.3. The van der Waals surface area contributed by atoms with Crippen LogP contribution in [0.15, 0.2) is 22.7 Å². The average Bonchev–Trinajstić information content (AvgIpc) is 2.32. The van der Waals surface area contributed by atoms with Crippen LogP contribution in [0.2, 0.25) is 0 Å². The van der Waals surface area contributed by atoms with Gasteiger partial charge in [-0.1, -0.05) is 0 Å². The Morgan fingerprint density at radius 3 is 2.88 bits per heavy atom. The van der Waals surface area contributed by atoms with E-state index in [0.29, 0.717) is 10.0 Å². The van der Waals surface area contributed by atoms with E-state index in [4.69, 9.17) is 0 Å². The number of halogens is 2. The summed E-state index contributed by atoms with van der Waals surface area (Å²) in [5, 5.41) is 0. The van der Waals surface area contributed by atoms with Gasteiger partial charge < -0.3 is 4.90 Å². The van der Waals surface area contributed by atoms with Crippen LogP contribution in [0.25, 0.3) is 0 Å². The van der Waals surface area contributed by atoms with Gasteiger partial charge in [0.2, 0.25) is 0 Å². The smallest absolute Gasteiger partial charge is 0.254 e. The Balaban J connectivity index is 2.21. The molecule has 0 saturated carbocycles. The van der Waals surface area contributed by atoms with Crippen LogP contribution in [0.5, 0.6) is 0 Å². The van der Waals surface area contributed by atoms with Crippen LogP contribution in [0.1, 0.15) is 36.5 Å². The fourth-order valence-corrected chi connectivity index (χ4v) is 2.44. The molecular formula is C13H15BrFNO. The Bertz CT molecular complexity index is 435. The molecule has 1 atom stereocenters. The number of hydrogen-bond acceptors (Lipinski definition) is 1. The molecule has 0 N–H and O–H groups in total. The van der Waals surface area contributed by atoms with E-state index in [1.165, 1.54) is 12.5 Å². The minimum absolute atomic E-state index is 0.0661. The van der Waals surface area contributed by atoms with Crippen LogP contribution in [-0.4, -0.2) is 23.4 Å². The van der Waals surface area contributed by atoms with Crippen molar-refractivity contribution in [2.75, 3.05) is 6.54 Å². The molecule has 2 rings (SSSR count). The molecule has 1 saturated heterocycles. The van der Waals surface area contributed by atoms with E-state index in [9.17, 15) is 9.18 Å². The van der Waals surface area contributed by atoms with Crippen LogP contribution in [0.4, 0.5) is 4.39 Å². The molecule has 1 fully saturated rings. The van der Waals surface area contributed by atoms with Crippen molar-refractivity contribution < 1.29 is 9.18 Å². The molecule has 1 amide bonds. The van der Waals surface area contributed by atoms with E-state index in [1.54, 1.807) is 12.1 Å². The summed E-state index contributed by atoms with van der Waals surface area (Å²) in [7, 11) is 0. The summed E-state index contributed by atoms with van der Waals surface area (Å²) in [6.07, 6.45) is 3.24. The topological polar surface area (TPSA) is 20.3 Å². The van der Waals surface area contributed by atoms with Crippen LogP contribution < -0.4 is 0 Å². The largest absolute Gasteiger partial charge is 0.336 e. The summed E-state index contributed by atoms with van der Waals surface area (Å²) >= 11 is 3.09. The Morgan fingerprint density at radius 2 is 2.24 bits per heavy atom. The molecule has 0 spiro atoms. The van der Waals surface area contributed by atoms with Gasteiger partial charge in [0.25, 0.3) is 5.91 Å². The van der Waals surface area contributed by atoms with Crippen molar-refractivity contribution >= 4 is 21.8 Å². The second-order valence-corrected chi connectivity index (χ2v) is 5.33. The van der Waals surface area contributed by atoms with Gasteiger partial charge in [0.1, 0.15) is 5.82 Å². The summed E-state index contributed by atoms with van der Waals surface area (Å²) in [6.45, 7) is 2.82. The first-order chi connectivity index (χ1) is 8.09. The predicted molar refractivity (Wildman–Crippen MR) is 68.4 cm³/mol. The number of rotatable bonds is 1. The second-order valence-electron chi connectivity index (χ2n) is 4.47. The normalized spacial score (nSPS) is 20.4. The van der Waals surface area contributed by atoms with Gasteiger partial charge in [-0.3, -0.25) is 4.79 Å². The zero-order valence-electron chi connectivity index (χ0n) is 9.75. The lowest BCUT2D eigenvalue weighted by Gasteiger charge is -2.33. The van der Waals surface area contributed by atoms with Crippen LogP contribution in [0.3, 0.4) is 0 Å². The Labute approximate surface area is 109 Å². The lowest BCUT2D eigenvalue weighted by Crippen LogP contribution is -2.42. The monoisotopic (exact) mass is 299 g/mol. The second kappa shape index (κ2) is 5.17. The Hall–Kier alpha value is -0.900. The number of amides is 1.